The Morgan fingerprint density at radius 3 is 2.65 bits per heavy atom. The Hall–Kier alpha value is -0.410. The molecule has 3 atom stereocenters. The molecule has 1 aromatic rings. The van der Waals surface area contributed by atoms with Gasteiger partial charge in [0.1, 0.15) is 0 Å². The van der Waals surface area contributed by atoms with Gasteiger partial charge in [0.05, 0.1) is 10.7 Å². The molecule has 2 nitrogen and oxygen atoms in total. The smallest absolute Gasteiger partial charge is 0.0900 e. The van der Waals surface area contributed by atoms with Crippen molar-refractivity contribution >= 4 is 11.3 Å². The largest absolute Gasteiger partial charge is 0.312 e. The van der Waals surface area contributed by atoms with E-state index in [4.69, 9.17) is 0 Å². The molecule has 17 heavy (non-hydrogen) atoms. The minimum atomic E-state index is 0.518. The van der Waals surface area contributed by atoms with Gasteiger partial charge in [-0.1, -0.05) is 19.8 Å². The maximum atomic E-state index is 4.57. The number of thiazole rings is 1. The molecule has 1 aliphatic carbocycles. The van der Waals surface area contributed by atoms with Crippen molar-refractivity contribution in [1.29, 1.82) is 0 Å². The number of nitrogens with zero attached hydrogens (tertiary/aromatic N) is 1. The van der Waals surface area contributed by atoms with Crippen LogP contribution in [0, 0.1) is 25.7 Å². The molecule has 0 amide bonds. The second-order valence-electron chi connectivity index (χ2n) is 5.48. The molecular weight excluding hydrogens is 228 g/mol. The van der Waals surface area contributed by atoms with Gasteiger partial charge in [-0.05, 0) is 45.6 Å². The zero-order chi connectivity index (χ0) is 12.4. The fourth-order valence-electron chi connectivity index (χ4n) is 3.20. The molecule has 0 aliphatic heterocycles. The van der Waals surface area contributed by atoms with Gasteiger partial charge in [0.25, 0.3) is 0 Å². The molecule has 0 bridgehead atoms. The first kappa shape index (κ1) is 13.0. The first-order valence-electron chi connectivity index (χ1n) is 6.73. The monoisotopic (exact) mass is 252 g/mol. The molecular formula is C14H24N2S. The van der Waals surface area contributed by atoms with Crippen LogP contribution in [-0.2, 0) is 0 Å². The lowest BCUT2D eigenvalue weighted by molar-refractivity contribution is 0.231. The van der Waals surface area contributed by atoms with E-state index < -0.39 is 0 Å². The van der Waals surface area contributed by atoms with Gasteiger partial charge in [-0.3, -0.25) is 0 Å². The summed E-state index contributed by atoms with van der Waals surface area (Å²) in [5, 5.41) is 4.73. The third kappa shape index (κ3) is 2.89. The molecule has 3 unspecified atom stereocenters. The highest BCUT2D eigenvalue weighted by Crippen LogP contribution is 2.39. The first-order valence-corrected chi connectivity index (χ1v) is 7.54. The molecule has 0 spiro atoms. The number of hydrogen-bond donors (Lipinski definition) is 1. The topological polar surface area (TPSA) is 24.9 Å². The van der Waals surface area contributed by atoms with E-state index in [1.165, 1.54) is 41.3 Å². The number of nitrogens with one attached hydrogen (secondary N) is 1. The van der Waals surface area contributed by atoms with E-state index in [0.717, 1.165) is 11.8 Å². The van der Waals surface area contributed by atoms with Crippen molar-refractivity contribution in [2.45, 2.75) is 52.5 Å². The van der Waals surface area contributed by atoms with Crippen LogP contribution in [-0.4, -0.2) is 12.0 Å². The summed E-state index contributed by atoms with van der Waals surface area (Å²) in [4.78, 5) is 6.03. The molecule has 1 fully saturated rings. The number of hydrogen-bond acceptors (Lipinski definition) is 3. The number of aromatic nitrogens is 1. The molecule has 3 heteroatoms. The molecule has 1 aromatic heterocycles. The van der Waals surface area contributed by atoms with Gasteiger partial charge in [-0.25, -0.2) is 4.98 Å². The summed E-state index contributed by atoms with van der Waals surface area (Å²) >= 11 is 1.87. The standard InChI is InChI=1S/C14H24N2S/c1-9-6-5-7-12(8-9)13(15-4)14-10(2)16-11(3)17-14/h9,12-13,15H,5-8H2,1-4H3. The third-order valence-corrected chi connectivity index (χ3v) is 5.14. The zero-order valence-electron chi connectivity index (χ0n) is 11.4. The molecule has 2 rings (SSSR count). The minimum Gasteiger partial charge on any atom is -0.312 e. The molecule has 1 saturated carbocycles. The van der Waals surface area contributed by atoms with E-state index in [2.05, 4.69) is 38.1 Å². The summed E-state index contributed by atoms with van der Waals surface area (Å²) in [6, 6.07) is 0.518. The Balaban J connectivity index is 2.18. The van der Waals surface area contributed by atoms with E-state index in [9.17, 15) is 0 Å². The van der Waals surface area contributed by atoms with E-state index in [1.807, 2.05) is 11.3 Å². The summed E-state index contributed by atoms with van der Waals surface area (Å²) in [7, 11) is 2.10. The molecule has 0 saturated heterocycles. The Morgan fingerprint density at radius 2 is 2.12 bits per heavy atom. The summed E-state index contributed by atoms with van der Waals surface area (Å²) in [5.41, 5.74) is 1.23. The first-order chi connectivity index (χ1) is 8.11. The Kier molecular flexibility index (Phi) is 4.21. The normalized spacial score (nSPS) is 27.1. The highest BCUT2D eigenvalue weighted by Gasteiger charge is 2.29. The lowest BCUT2D eigenvalue weighted by atomic mass is 9.78. The average Bonchev–Trinajstić information content (AvgIpc) is 2.59. The molecule has 0 aromatic carbocycles. The zero-order valence-corrected chi connectivity index (χ0v) is 12.2. The van der Waals surface area contributed by atoms with Crippen molar-refractivity contribution in [3.8, 4) is 0 Å². The van der Waals surface area contributed by atoms with Gasteiger partial charge in [0, 0.05) is 10.9 Å². The van der Waals surface area contributed by atoms with Crippen LogP contribution in [0.2, 0.25) is 0 Å². The van der Waals surface area contributed by atoms with Gasteiger partial charge < -0.3 is 5.32 Å². The van der Waals surface area contributed by atoms with Crippen molar-refractivity contribution in [1.82, 2.24) is 10.3 Å². The molecule has 1 aliphatic rings. The molecule has 1 N–H and O–H groups in total. The molecule has 96 valence electrons. The number of aryl methyl sites for hydroxylation is 2. The van der Waals surface area contributed by atoms with Crippen LogP contribution in [0.25, 0.3) is 0 Å². The highest BCUT2D eigenvalue weighted by atomic mass is 32.1. The van der Waals surface area contributed by atoms with E-state index in [1.54, 1.807) is 0 Å². The van der Waals surface area contributed by atoms with Crippen molar-refractivity contribution in [3.63, 3.8) is 0 Å². The van der Waals surface area contributed by atoms with E-state index >= 15 is 0 Å². The summed E-state index contributed by atoms with van der Waals surface area (Å²) in [6.45, 7) is 6.65. The predicted octanol–water partition coefficient (Wildman–Crippen LogP) is 3.85. The highest BCUT2D eigenvalue weighted by molar-refractivity contribution is 7.11. The fraction of sp³-hybridized carbons (Fsp3) is 0.786. The van der Waals surface area contributed by atoms with Crippen LogP contribution < -0.4 is 5.32 Å². The van der Waals surface area contributed by atoms with Crippen molar-refractivity contribution in [2.75, 3.05) is 7.05 Å². The van der Waals surface area contributed by atoms with E-state index in [-0.39, 0.29) is 0 Å². The van der Waals surface area contributed by atoms with Crippen LogP contribution in [0.3, 0.4) is 0 Å². The SMILES string of the molecule is CNC(c1sc(C)nc1C)C1CCCC(C)C1. The van der Waals surface area contributed by atoms with Gasteiger partial charge in [0.2, 0.25) is 0 Å². The van der Waals surface area contributed by atoms with Crippen molar-refractivity contribution < 1.29 is 0 Å². The van der Waals surface area contributed by atoms with Crippen LogP contribution in [0.15, 0.2) is 0 Å². The van der Waals surface area contributed by atoms with Crippen LogP contribution in [0.4, 0.5) is 0 Å². The quantitative estimate of drug-likeness (QED) is 0.884. The van der Waals surface area contributed by atoms with Crippen LogP contribution in [0.1, 0.15) is 54.2 Å². The number of rotatable bonds is 3. The lowest BCUT2D eigenvalue weighted by Crippen LogP contribution is -2.28. The van der Waals surface area contributed by atoms with Crippen LogP contribution >= 0.6 is 11.3 Å². The van der Waals surface area contributed by atoms with Crippen molar-refractivity contribution in [2.24, 2.45) is 11.8 Å². The molecule has 1 heterocycles. The Bertz CT molecular complexity index is 372. The predicted molar refractivity (Wildman–Crippen MR) is 74.5 cm³/mol. The minimum absolute atomic E-state index is 0.518. The maximum Gasteiger partial charge on any atom is 0.0900 e. The fourth-order valence-corrected chi connectivity index (χ4v) is 4.33. The van der Waals surface area contributed by atoms with Gasteiger partial charge in [-0.2, -0.15) is 0 Å². The van der Waals surface area contributed by atoms with Gasteiger partial charge >= 0.3 is 0 Å². The summed E-state index contributed by atoms with van der Waals surface area (Å²) in [6.07, 6.45) is 5.53. The maximum absolute atomic E-state index is 4.57. The van der Waals surface area contributed by atoms with E-state index in [0.29, 0.717) is 6.04 Å². The van der Waals surface area contributed by atoms with Gasteiger partial charge in [0.15, 0.2) is 0 Å². The second-order valence-corrected chi connectivity index (χ2v) is 6.72. The Labute approximate surface area is 109 Å². The summed E-state index contributed by atoms with van der Waals surface area (Å²) in [5.74, 6) is 1.68. The second kappa shape index (κ2) is 5.49. The van der Waals surface area contributed by atoms with Gasteiger partial charge in [-0.15, -0.1) is 11.3 Å². The van der Waals surface area contributed by atoms with Crippen LogP contribution in [0.5, 0.6) is 0 Å². The molecule has 0 radical (unpaired) electrons. The Morgan fingerprint density at radius 1 is 1.35 bits per heavy atom. The lowest BCUT2D eigenvalue weighted by Gasteiger charge is -2.32. The summed E-state index contributed by atoms with van der Waals surface area (Å²) < 4.78 is 0. The van der Waals surface area contributed by atoms with Crippen molar-refractivity contribution in [3.05, 3.63) is 15.6 Å². The average molecular weight is 252 g/mol. The third-order valence-electron chi connectivity index (χ3n) is 3.98.